The topological polar surface area (TPSA) is 39.1 Å². The zero-order valence-corrected chi connectivity index (χ0v) is 9.57. The average molecular weight is 215 g/mol. The summed E-state index contributed by atoms with van der Waals surface area (Å²) in [6, 6.07) is 5.89. The maximum absolute atomic E-state index is 11.9. The molecule has 3 nitrogen and oxygen atoms in total. The fourth-order valence-electron chi connectivity index (χ4n) is 1.97. The van der Waals surface area contributed by atoms with E-state index in [2.05, 4.69) is 0 Å². The second-order valence-corrected chi connectivity index (χ2v) is 4.04. The highest BCUT2D eigenvalue weighted by atomic mass is 16.1. The van der Waals surface area contributed by atoms with Gasteiger partial charge in [-0.05, 0) is 31.0 Å². The maximum Gasteiger partial charge on any atom is 0.261 e. The van der Waals surface area contributed by atoms with Crippen LogP contribution in [0.1, 0.15) is 21.5 Å². The molecule has 0 aliphatic rings. The molecule has 2 rings (SSSR count). The summed E-state index contributed by atoms with van der Waals surface area (Å²) in [5, 5.41) is 0.954. The highest BCUT2D eigenvalue weighted by Gasteiger charge is 2.10. The van der Waals surface area contributed by atoms with Crippen LogP contribution in [0.25, 0.3) is 10.9 Å². The highest BCUT2D eigenvalue weighted by molar-refractivity contribution is 5.90. The largest absolute Gasteiger partial charge is 0.311 e. The molecule has 0 aliphatic carbocycles. The molecule has 1 aromatic carbocycles. The van der Waals surface area contributed by atoms with Crippen LogP contribution in [0.2, 0.25) is 0 Å². The molecule has 0 amide bonds. The number of rotatable bonds is 1. The van der Waals surface area contributed by atoms with Gasteiger partial charge < -0.3 is 4.57 Å². The molecule has 0 saturated carbocycles. The van der Waals surface area contributed by atoms with Crippen LogP contribution in [-0.2, 0) is 7.05 Å². The number of aryl methyl sites for hydroxylation is 3. The van der Waals surface area contributed by atoms with Crippen molar-refractivity contribution in [2.75, 3.05) is 0 Å². The zero-order chi connectivity index (χ0) is 11.9. The summed E-state index contributed by atoms with van der Waals surface area (Å²) in [5.41, 5.74) is 2.74. The molecular formula is C13H13NO2. The third-order valence-corrected chi connectivity index (χ3v) is 2.98. The van der Waals surface area contributed by atoms with E-state index in [0.29, 0.717) is 6.29 Å². The van der Waals surface area contributed by atoms with E-state index in [0.717, 1.165) is 22.0 Å². The third-order valence-electron chi connectivity index (χ3n) is 2.98. The van der Waals surface area contributed by atoms with Crippen LogP contribution in [-0.4, -0.2) is 10.9 Å². The Bertz CT molecular complexity index is 638. The third kappa shape index (κ3) is 1.36. The Hall–Kier alpha value is -1.90. The molecule has 3 heteroatoms. The summed E-state index contributed by atoms with van der Waals surface area (Å²) in [5.74, 6) is 0. The van der Waals surface area contributed by atoms with Crippen LogP contribution in [0.5, 0.6) is 0 Å². The minimum absolute atomic E-state index is 0.231. The van der Waals surface area contributed by atoms with Crippen molar-refractivity contribution in [2.24, 2.45) is 7.05 Å². The normalized spacial score (nSPS) is 10.7. The lowest BCUT2D eigenvalue weighted by molar-refractivity contribution is 0.112. The molecule has 0 N–H and O–H groups in total. The van der Waals surface area contributed by atoms with E-state index in [1.807, 2.05) is 32.0 Å². The molecule has 0 atom stereocenters. The Morgan fingerprint density at radius 2 is 1.94 bits per heavy atom. The summed E-state index contributed by atoms with van der Waals surface area (Å²) in [6.45, 7) is 3.79. The Balaban J connectivity index is 3.07. The number of pyridine rings is 1. The molecule has 16 heavy (non-hydrogen) atoms. The number of hydrogen-bond acceptors (Lipinski definition) is 2. The van der Waals surface area contributed by atoms with Gasteiger partial charge in [-0.3, -0.25) is 9.59 Å². The SMILES string of the molecule is Cc1ccc2c(C)c(C=O)c(=O)n(C)c2c1. The lowest BCUT2D eigenvalue weighted by Gasteiger charge is -2.10. The number of nitrogens with zero attached hydrogens (tertiary/aromatic N) is 1. The Morgan fingerprint density at radius 1 is 1.25 bits per heavy atom. The number of aromatic nitrogens is 1. The van der Waals surface area contributed by atoms with Crippen molar-refractivity contribution in [3.63, 3.8) is 0 Å². The van der Waals surface area contributed by atoms with Crippen LogP contribution in [0.4, 0.5) is 0 Å². The van der Waals surface area contributed by atoms with Crippen molar-refractivity contribution in [1.82, 2.24) is 4.57 Å². The first-order valence-electron chi connectivity index (χ1n) is 5.11. The first-order valence-corrected chi connectivity index (χ1v) is 5.11. The molecule has 0 radical (unpaired) electrons. The van der Waals surface area contributed by atoms with E-state index in [9.17, 15) is 9.59 Å². The quantitative estimate of drug-likeness (QED) is 0.682. The van der Waals surface area contributed by atoms with Gasteiger partial charge in [0.15, 0.2) is 6.29 Å². The van der Waals surface area contributed by atoms with Gasteiger partial charge in [-0.25, -0.2) is 0 Å². The minimum Gasteiger partial charge on any atom is -0.311 e. The molecule has 0 aliphatic heterocycles. The summed E-state index contributed by atoms with van der Waals surface area (Å²) in [7, 11) is 1.69. The molecule has 1 aromatic heterocycles. The molecule has 0 saturated heterocycles. The van der Waals surface area contributed by atoms with Gasteiger partial charge in [-0.15, -0.1) is 0 Å². The fraction of sp³-hybridized carbons (Fsp3) is 0.231. The lowest BCUT2D eigenvalue weighted by Crippen LogP contribution is -2.22. The predicted molar refractivity (Wildman–Crippen MR) is 64.1 cm³/mol. The average Bonchev–Trinajstić information content (AvgIpc) is 2.27. The number of carbonyl (C=O) groups excluding carboxylic acids is 1. The van der Waals surface area contributed by atoms with Crippen LogP contribution in [0.15, 0.2) is 23.0 Å². The molecule has 1 heterocycles. The Morgan fingerprint density at radius 3 is 2.56 bits per heavy atom. The molecule has 2 aromatic rings. The molecule has 0 unspecified atom stereocenters. The van der Waals surface area contributed by atoms with Crippen molar-refractivity contribution >= 4 is 17.2 Å². The smallest absolute Gasteiger partial charge is 0.261 e. The van der Waals surface area contributed by atoms with Crippen LogP contribution in [0.3, 0.4) is 0 Å². The molecule has 82 valence electrons. The van der Waals surface area contributed by atoms with Crippen LogP contribution in [0, 0.1) is 13.8 Å². The van der Waals surface area contributed by atoms with E-state index >= 15 is 0 Å². The zero-order valence-electron chi connectivity index (χ0n) is 9.57. The first-order chi connectivity index (χ1) is 7.56. The summed E-state index contributed by atoms with van der Waals surface area (Å²) in [6.07, 6.45) is 0.636. The molecule has 0 bridgehead atoms. The van der Waals surface area contributed by atoms with Crippen LogP contribution < -0.4 is 5.56 Å². The fourth-order valence-corrected chi connectivity index (χ4v) is 1.97. The van der Waals surface area contributed by atoms with Crippen molar-refractivity contribution in [1.29, 1.82) is 0 Å². The van der Waals surface area contributed by atoms with Gasteiger partial charge in [-0.2, -0.15) is 0 Å². The van der Waals surface area contributed by atoms with E-state index in [1.54, 1.807) is 7.05 Å². The lowest BCUT2D eigenvalue weighted by atomic mass is 10.0. The van der Waals surface area contributed by atoms with E-state index in [1.165, 1.54) is 4.57 Å². The van der Waals surface area contributed by atoms with Gasteiger partial charge in [0.05, 0.1) is 11.1 Å². The van der Waals surface area contributed by atoms with E-state index < -0.39 is 0 Å². The number of aldehydes is 1. The molecule has 0 spiro atoms. The van der Waals surface area contributed by atoms with E-state index in [-0.39, 0.29) is 11.1 Å². The van der Waals surface area contributed by atoms with Crippen molar-refractivity contribution in [2.45, 2.75) is 13.8 Å². The van der Waals surface area contributed by atoms with Gasteiger partial charge >= 0.3 is 0 Å². The highest BCUT2D eigenvalue weighted by Crippen LogP contribution is 2.19. The second kappa shape index (κ2) is 3.59. The van der Waals surface area contributed by atoms with Gasteiger partial charge in [0, 0.05) is 12.4 Å². The number of fused-ring (bicyclic) bond motifs is 1. The molecular weight excluding hydrogens is 202 g/mol. The summed E-state index contributed by atoms with van der Waals surface area (Å²) < 4.78 is 1.53. The molecule has 0 fully saturated rings. The van der Waals surface area contributed by atoms with Gasteiger partial charge in [0.1, 0.15) is 0 Å². The van der Waals surface area contributed by atoms with E-state index in [4.69, 9.17) is 0 Å². The van der Waals surface area contributed by atoms with Gasteiger partial charge in [-0.1, -0.05) is 12.1 Å². The minimum atomic E-state index is -0.231. The Kier molecular flexibility index (Phi) is 2.38. The second-order valence-electron chi connectivity index (χ2n) is 4.04. The number of carbonyl (C=O) groups is 1. The first kappa shape index (κ1) is 10.6. The monoisotopic (exact) mass is 215 g/mol. The van der Waals surface area contributed by atoms with Gasteiger partial charge in [0.25, 0.3) is 5.56 Å². The predicted octanol–water partition coefficient (Wildman–Crippen LogP) is 1.97. The Labute approximate surface area is 93.3 Å². The number of hydrogen-bond donors (Lipinski definition) is 0. The summed E-state index contributed by atoms with van der Waals surface area (Å²) in [4.78, 5) is 22.8. The van der Waals surface area contributed by atoms with Crippen molar-refractivity contribution in [3.05, 3.63) is 45.2 Å². The van der Waals surface area contributed by atoms with Crippen molar-refractivity contribution < 1.29 is 4.79 Å². The summed E-state index contributed by atoms with van der Waals surface area (Å²) >= 11 is 0. The van der Waals surface area contributed by atoms with Gasteiger partial charge in [0.2, 0.25) is 0 Å². The maximum atomic E-state index is 11.9. The van der Waals surface area contributed by atoms with Crippen LogP contribution >= 0.6 is 0 Å². The van der Waals surface area contributed by atoms with Crippen molar-refractivity contribution in [3.8, 4) is 0 Å². The standard InChI is InChI=1S/C13H13NO2/c1-8-4-5-10-9(2)11(7-15)13(16)14(3)12(10)6-8/h4-7H,1-3H3. The number of benzene rings is 1.